The third kappa shape index (κ3) is 3.81. The molecule has 1 aromatic heterocycles. The fourth-order valence-electron chi connectivity index (χ4n) is 2.48. The highest BCUT2D eigenvalue weighted by molar-refractivity contribution is 7.89. The molecule has 0 saturated heterocycles. The molecule has 0 aliphatic heterocycles. The van der Waals surface area contributed by atoms with Crippen LogP contribution in [0.25, 0.3) is 5.69 Å². The predicted octanol–water partition coefficient (Wildman–Crippen LogP) is 2.12. The number of nitrogens with two attached hydrogens (primary N) is 1. The van der Waals surface area contributed by atoms with Crippen LogP contribution in [0.1, 0.15) is 11.1 Å². The van der Waals surface area contributed by atoms with Crippen LogP contribution < -0.4 is 5.73 Å². The molecule has 0 radical (unpaired) electrons. The topological polar surface area (TPSA) is 120 Å². The molecule has 146 valence electrons. The number of aryl methyl sites for hydroxylation is 1. The van der Waals surface area contributed by atoms with Gasteiger partial charge < -0.3 is 10.5 Å². The van der Waals surface area contributed by atoms with Crippen molar-refractivity contribution in [3.63, 3.8) is 0 Å². The van der Waals surface area contributed by atoms with E-state index in [0.29, 0.717) is 15.6 Å². The van der Waals surface area contributed by atoms with Crippen LogP contribution in [0.2, 0.25) is 0 Å². The average molecular weight is 401 g/mol. The molecule has 1 amide bonds. The van der Waals surface area contributed by atoms with Gasteiger partial charge in [-0.05, 0) is 24.6 Å². The van der Waals surface area contributed by atoms with Crippen molar-refractivity contribution in [3.8, 4) is 5.69 Å². The van der Waals surface area contributed by atoms with E-state index in [2.05, 4.69) is 14.9 Å². The zero-order valence-electron chi connectivity index (χ0n) is 15.3. The van der Waals surface area contributed by atoms with Crippen LogP contribution in [-0.2, 0) is 21.3 Å². The van der Waals surface area contributed by atoms with Crippen molar-refractivity contribution in [3.05, 3.63) is 65.7 Å². The number of nitrogen functional groups attached to an aromatic ring is 1. The second-order valence-electron chi connectivity index (χ2n) is 5.98. The van der Waals surface area contributed by atoms with Crippen LogP contribution >= 0.6 is 0 Å². The molecule has 0 saturated carbocycles. The molecule has 3 rings (SSSR count). The molecule has 0 unspecified atom stereocenters. The first-order chi connectivity index (χ1) is 13.3. The van der Waals surface area contributed by atoms with Gasteiger partial charge in [-0.1, -0.05) is 48.0 Å². The van der Waals surface area contributed by atoms with Gasteiger partial charge in [0.25, 0.3) is 10.0 Å². The summed E-state index contributed by atoms with van der Waals surface area (Å²) in [5.74, 6) is -0.317. The van der Waals surface area contributed by atoms with Crippen molar-refractivity contribution in [2.24, 2.45) is 0 Å². The standard InChI is InChI=1S/C18H19N5O4S/c1-13-8-10-15(11-9-13)23-20-16(19)17(21-23)28(25,26)22(18(24)27-2)12-14-6-4-3-5-7-14/h3-11H,12H2,1-2H3,(H2,19,20). The van der Waals surface area contributed by atoms with Gasteiger partial charge in [-0.3, -0.25) is 0 Å². The summed E-state index contributed by atoms with van der Waals surface area (Å²) in [5, 5.41) is 7.46. The number of hydrogen-bond donors (Lipinski definition) is 1. The maximum atomic E-state index is 13.1. The number of carbonyl (C=O) groups is 1. The quantitative estimate of drug-likeness (QED) is 0.695. The number of methoxy groups -OCH3 is 1. The third-order valence-electron chi connectivity index (χ3n) is 3.95. The molecule has 10 heteroatoms. The molecule has 28 heavy (non-hydrogen) atoms. The van der Waals surface area contributed by atoms with Gasteiger partial charge in [-0.15, -0.1) is 15.0 Å². The van der Waals surface area contributed by atoms with Crippen LogP contribution in [0, 0.1) is 6.92 Å². The van der Waals surface area contributed by atoms with Crippen molar-refractivity contribution in [2.45, 2.75) is 18.5 Å². The molecule has 0 aliphatic rings. The van der Waals surface area contributed by atoms with E-state index in [4.69, 9.17) is 5.73 Å². The summed E-state index contributed by atoms with van der Waals surface area (Å²) in [7, 11) is -3.30. The Labute approximate surface area is 162 Å². The molecule has 3 aromatic rings. The lowest BCUT2D eigenvalue weighted by Gasteiger charge is -2.19. The lowest BCUT2D eigenvalue weighted by molar-refractivity contribution is 0.147. The van der Waals surface area contributed by atoms with E-state index in [9.17, 15) is 13.2 Å². The molecule has 1 heterocycles. The second kappa shape index (κ2) is 7.69. The summed E-state index contributed by atoms with van der Waals surface area (Å²) in [6.45, 7) is 1.69. The lowest BCUT2D eigenvalue weighted by Crippen LogP contribution is -2.37. The lowest BCUT2D eigenvalue weighted by atomic mass is 10.2. The van der Waals surface area contributed by atoms with Crippen molar-refractivity contribution in [1.82, 2.24) is 19.3 Å². The van der Waals surface area contributed by atoms with Crippen molar-refractivity contribution in [1.29, 1.82) is 0 Å². The van der Waals surface area contributed by atoms with Crippen molar-refractivity contribution in [2.75, 3.05) is 12.8 Å². The van der Waals surface area contributed by atoms with Gasteiger partial charge in [0.2, 0.25) is 5.03 Å². The van der Waals surface area contributed by atoms with Crippen LogP contribution in [0.15, 0.2) is 59.6 Å². The SMILES string of the molecule is COC(=O)N(Cc1ccccc1)S(=O)(=O)c1nn(-c2ccc(C)cc2)nc1N. The summed E-state index contributed by atoms with van der Waals surface area (Å²) in [6.07, 6.45) is -1.05. The summed E-state index contributed by atoms with van der Waals surface area (Å²) in [5.41, 5.74) is 7.97. The largest absolute Gasteiger partial charge is 0.452 e. The van der Waals surface area contributed by atoms with E-state index in [0.717, 1.165) is 17.5 Å². The van der Waals surface area contributed by atoms with Crippen LogP contribution in [0.5, 0.6) is 0 Å². The maximum Gasteiger partial charge on any atom is 0.423 e. The monoisotopic (exact) mass is 401 g/mol. The van der Waals surface area contributed by atoms with Gasteiger partial charge in [0.1, 0.15) is 0 Å². The normalized spacial score (nSPS) is 11.2. The molecular formula is C18H19N5O4S. The van der Waals surface area contributed by atoms with E-state index in [-0.39, 0.29) is 12.4 Å². The van der Waals surface area contributed by atoms with Crippen LogP contribution in [0.4, 0.5) is 10.6 Å². The number of ether oxygens (including phenoxy) is 1. The number of aromatic nitrogens is 3. The van der Waals surface area contributed by atoms with Gasteiger partial charge in [0, 0.05) is 0 Å². The van der Waals surface area contributed by atoms with Gasteiger partial charge in [-0.2, -0.15) is 12.7 Å². The van der Waals surface area contributed by atoms with E-state index in [1.54, 1.807) is 42.5 Å². The molecule has 0 atom stereocenters. The number of benzene rings is 2. The Morgan fingerprint density at radius 3 is 2.36 bits per heavy atom. The number of carbonyl (C=O) groups excluding carboxylic acids is 1. The van der Waals surface area contributed by atoms with E-state index < -0.39 is 21.1 Å². The van der Waals surface area contributed by atoms with Gasteiger partial charge >= 0.3 is 6.09 Å². The fourth-order valence-corrected chi connectivity index (χ4v) is 3.77. The van der Waals surface area contributed by atoms with Gasteiger partial charge in [-0.25, -0.2) is 4.79 Å². The number of sulfonamides is 1. The highest BCUT2D eigenvalue weighted by Gasteiger charge is 2.35. The summed E-state index contributed by atoms with van der Waals surface area (Å²) in [6, 6.07) is 15.8. The Balaban J connectivity index is 2.01. The summed E-state index contributed by atoms with van der Waals surface area (Å²) >= 11 is 0. The molecule has 2 N–H and O–H groups in total. The summed E-state index contributed by atoms with van der Waals surface area (Å²) in [4.78, 5) is 13.3. The number of nitrogens with zero attached hydrogens (tertiary/aromatic N) is 4. The molecule has 0 fully saturated rings. The van der Waals surface area contributed by atoms with Crippen LogP contribution in [0.3, 0.4) is 0 Å². The van der Waals surface area contributed by atoms with E-state index >= 15 is 0 Å². The minimum Gasteiger partial charge on any atom is -0.452 e. The minimum absolute atomic E-state index is 0.229. The Bertz CT molecular complexity index is 1080. The van der Waals surface area contributed by atoms with E-state index in [1.807, 2.05) is 19.1 Å². The summed E-state index contributed by atoms with van der Waals surface area (Å²) < 4.78 is 31.4. The number of anilines is 1. The third-order valence-corrected chi connectivity index (χ3v) is 5.59. The van der Waals surface area contributed by atoms with E-state index in [1.165, 1.54) is 0 Å². The Kier molecular flexibility index (Phi) is 5.32. The smallest absolute Gasteiger partial charge is 0.423 e. The molecule has 2 aromatic carbocycles. The van der Waals surface area contributed by atoms with Gasteiger partial charge in [0.15, 0.2) is 5.82 Å². The van der Waals surface area contributed by atoms with Crippen molar-refractivity contribution >= 4 is 21.9 Å². The highest BCUT2D eigenvalue weighted by atomic mass is 32.2. The van der Waals surface area contributed by atoms with Gasteiger partial charge in [0.05, 0.1) is 19.3 Å². The predicted molar refractivity (Wildman–Crippen MR) is 102 cm³/mol. The Morgan fingerprint density at radius 1 is 1.11 bits per heavy atom. The first-order valence-corrected chi connectivity index (χ1v) is 9.71. The number of rotatable bonds is 5. The Morgan fingerprint density at radius 2 is 1.75 bits per heavy atom. The zero-order valence-corrected chi connectivity index (χ0v) is 16.1. The number of hydrogen-bond acceptors (Lipinski definition) is 7. The molecule has 9 nitrogen and oxygen atoms in total. The second-order valence-corrected chi connectivity index (χ2v) is 7.76. The molecule has 0 bridgehead atoms. The molecule has 0 spiro atoms. The van der Waals surface area contributed by atoms with Crippen molar-refractivity contribution < 1.29 is 17.9 Å². The maximum absolute atomic E-state index is 13.1. The molecular weight excluding hydrogens is 382 g/mol. The first kappa shape index (κ1) is 19.4. The number of amides is 1. The zero-order chi connectivity index (χ0) is 20.3. The average Bonchev–Trinajstić information content (AvgIpc) is 3.09. The molecule has 0 aliphatic carbocycles. The Hall–Kier alpha value is -3.40. The first-order valence-electron chi connectivity index (χ1n) is 8.27. The fraction of sp³-hybridized carbons (Fsp3) is 0.167. The van der Waals surface area contributed by atoms with Crippen LogP contribution in [-0.4, -0.2) is 40.9 Å². The minimum atomic E-state index is -4.40. The highest BCUT2D eigenvalue weighted by Crippen LogP contribution is 2.23.